The van der Waals surface area contributed by atoms with Crippen LogP contribution in [0, 0.1) is 5.92 Å². The normalized spacial score (nSPS) is 15.0. The molecule has 0 aliphatic carbocycles. The van der Waals surface area contributed by atoms with Crippen molar-refractivity contribution >= 4 is 5.97 Å². The number of aliphatic carboxylic acids is 1. The number of carbonyl (C=O) groups is 1. The van der Waals surface area contributed by atoms with Gasteiger partial charge >= 0.3 is 5.97 Å². The summed E-state index contributed by atoms with van der Waals surface area (Å²) < 4.78 is 5.37. The van der Waals surface area contributed by atoms with Crippen LogP contribution in [0.4, 0.5) is 0 Å². The molecule has 5 heteroatoms. The molecule has 0 rings (SSSR count). The zero-order valence-corrected chi connectivity index (χ0v) is 16.3. The van der Waals surface area contributed by atoms with Crippen molar-refractivity contribution < 1.29 is 24.9 Å². The van der Waals surface area contributed by atoms with Gasteiger partial charge in [0.05, 0.1) is 31.3 Å². The largest absolute Gasteiger partial charge is 0.481 e. The quantitative estimate of drug-likeness (QED) is 0.320. The molecule has 25 heavy (non-hydrogen) atoms. The molecule has 0 spiro atoms. The molecule has 0 aromatic heterocycles. The minimum absolute atomic E-state index is 0.121. The summed E-state index contributed by atoms with van der Waals surface area (Å²) in [6.07, 6.45) is 12.1. The Balaban J connectivity index is 3.80. The van der Waals surface area contributed by atoms with Crippen LogP contribution in [0.25, 0.3) is 0 Å². The molecule has 5 nitrogen and oxygen atoms in total. The number of hydrogen-bond acceptors (Lipinski definition) is 4. The Morgan fingerprint density at radius 2 is 1.48 bits per heavy atom. The highest BCUT2D eigenvalue weighted by Crippen LogP contribution is 2.19. The van der Waals surface area contributed by atoms with E-state index in [4.69, 9.17) is 4.74 Å². The van der Waals surface area contributed by atoms with Gasteiger partial charge in [0.2, 0.25) is 0 Å². The van der Waals surface area contributed by atoms with E-state index < -0.39 is 24.1 Å². The molecule has 0 aliphatic rings. The maximum absolute atomic E-state index is 11.4. The summed E-state index contributed by atoms with van der Waals surface area (Å²) in [5.41, 5.74) is 0. The number of unbranched alkanes of at least 4 members (excludes halogenated alkanes) is 9. The van der Waals surface area contributed by atoms with Gasteiger partial charge in [0.25, 0.3) is 0 Å². The van der Waals surface area contributed by atoms with E-state index in [9.17, 15) is 20.1 Å². The van der Waals surface area contributed by atoms with Gasteiger partial charge in [-0.2, -0.15) is 0 Å². The van der Waals surface area contributed by atoms with Gasteiger partial charge in [-0.15, -0.1) is 0 Å². The lowest BCUT2D eigenvalue weighted by Crippen LogP contribution is -2.28. The van der Waals surface area contributed by atoms with Crippen LogP contribution >= 0.6 is 0 Å². The minimum Gasteiger partial charge on any atom is -0.481 e. The Morgan fingerprint density at radius 3 is 1.92 bits per heavy atom. The third kappa shape index (κ3) is 15.3. The highest BCUT2D eigenvalue weighted by molar-refractivity contribution is 5.69. The number of hydrogen-bond donors (Lipinski definition) is 3. The molecule has 0 amide bonds. The van der Waals surface area contributed by atoms with Crippen LogP contribution in [-0.2, 0) is 9.53 Å². The van der Waals surface area contributed by atoms with Crippen molar-refractivity contribution in [2.45, 2.75) is 103 Å². The summed E-state index contributed by atoms with van der Waals surface area (Å²) >= 11 is 0. The molecule has 150 valence electrons. The first-order valence-corrected chi connectivity index (χ1v) is 10.1. The molecular weight excluding hydrogens is 320 g/mol. The molecule has 0 saturated heterocycles. The summed E-state index contributed by atoms with van der Waals surface area (Å²) in [6.45, 7) is 3.74. The molecule has 3 N–H and O–H groups in total. The van der Waals surface area contributed by atoms with Gasteiger partial charge in [-0.25, -0.2) is 0 Å². The fourth-order valence-corrected chi connectivity index (χ4v) is 3.01. The first-order valence-electron chi connectivity index (χ1n) is 10.1. The average Bonchev–Trinajstić information content (AvgIpc) is 2.57. The first-order chi connectivity index (χ1) is 12.0. The lowest BCUT2D eigenvalue weighted by Gasteiger charge is -2.20. The Bertz CT molecular complexity index is 306. The molecular formula is C20H40O5. The van der Waals surface area contributed by atoms with Crippen molar-refractivity contribution in [3.05, 3.63) is 0 Å². The number of rotatable bonds is 18. The molecule has 0 aliphatic heterocycles. The van der Waals surface area contributed by atoms with Gasteiger partial charge in [0, 0.05) is 0 Å². The number of aliphatic hydroxyl groups is 2. The van der Waals surface area contributed by atoms with Crippen LogP contribution in [0.2, 0.25) is 0 Å². The fourth-order valence-electron chi connectivity index (χ4n) is 3.01. The van der Waals surface area contributed by atoms with Crippen LogP contribution in [0.15, 0.2) is 0 Å². The lowest BCUT2D eigenvalue weighted by molar-refractivity contribution is -0.144. The fraction of sp³-hybridized carbons (Fsp3) is 0.950. The van der Waals surface area contributed by atoms with Crippen LogP contribution in [0.5, 0.6) is 0 Å². The monoisotopic (exact) mass is 360 g/mol. The zero-order chi connectivity index (χ0) is 18.9. The predicted octanol–water partition coefficient (Wildman–Crippen LogP) is 4.15. The average molecular weight is 361 g/mol. The zero-order valence-electron chi connectivity index (χ0n) is 16.3. The molecule has 0 fully saturated rings. The van der Waals surface area contributed by atoms with Crippen LogP contribution in [0.1, 0.15) is 90.9 Å². The summed E-state index contributed by atoms with van der Waals surface area (Å²) in [4.78, 5) is 11.4. The standard InChI is InChI=1S/C20H40O5/c1-3-4-5-6-7-8-9-10-11-12-13-18(20(23)24)14-19(15-21)25-16-17(2)22/h17-19,21-22H,3-16H2,1-2H3,(H,23,24). The smallest absolute Gasteiger partial charge is 0.306 e. The summed E-state index contributed by atoms with van der Waals surface area (Å²) in [5.74, 6) is -1.31. The highest BCUT2D eigenvalue weighted by Gasteiger charge is 2.22. The number of ether oxygens (including phenoxy) is 1. The van der Waals surface area contributed by atoms with Gasteiger partial charge in [-0.3, -0.25) is 4.79 Å². The van der Waals surface area contributed by atoms with Gasteiger partial charge in [-0.1, -0.05) is 71.1 Å². The van der Waals surface area contributed by atoms with E-state index in [0.717, 1.165) is 12.8 Å². The van der Waals surface area contributed by atoms with E-state index >= 15 is 0 Å². The van der Waals surface area contributed by atoms with Crippen molar-refractivity contribution in [2.24, 2.45) is 5.92 Å². The van der Waals surface area contributed by atoms with Gasteiger partial charge < -0.3 is 20.1 Å². The number of carboxylic acids is 1. The summed E-state index contributed by atoms with van der Waals surface area (Å²) in [7, 11) is 0. The first kappa shape index (κ1) is 24.4. The molecule has 0 aromatic carbocycles. The van der Waals surface area contributed by atoms with Crippen molar-refractivity contribution in [2.75, 3.05) is 13.2 Å². The van der Waals surface area contributed by atoms with Crippen molar-refractivity contribution in [3.8, 4) is 0 Å². The Morgan fingerprint density at radius 1 is 0.960 bits per heavy atom. The SMILES string of the molecule is CCCCCCCCCCCCC(CC(CO)OCC(C)O)C(=O)O. The maximum Gasteiger partial charge on any atom is 0.306 e. The molecule has 0 aromatic rings. The summed E-state index contributed by atoms with van der Waals surface area (Å²) in [6, 6.07) is 0. The van der Waals surface area contributed by atoms with Crippen LogP contribution in [-0.4, -0.2) is 46.7 Å². The Labute approximate surface area is 153 Å². The third-order valence-electron chi connectivity index (χ3n) is 4.58. The van der Waals surface area contributed by atoms with Crippen LogP contribution in [0.3, 0.4) is 0 Å². The molecule has 3 atom stereocenters. The van der Waals surface area contributed by atoms with E-state index in [0.29, 0.717) is 12.8 Å². The van der Waals surface area contributed by atoms with Crippen LogP contribution < -0.4 is 0 Å². The second kappa shape index (κ2) is 16.8. The van der Waals surface area contributed by atoms with Gasteiger partial charge in [0.15, 0.2) is 0 Å². The second-order valence-corrected chi connectivity index (χ2v) is 7.23. The maximum atomic E-state index is 11.4. The van der Waals surface area contributed by atoms with Gasteiger partial charge in [0.1, 0.15) is 0 Å². The minimum atomic E-state index is -0.824. The number of carboxylic acid groups (broad SMARTS) is 1. The number of aliphatic hydroxyl groups excluding tert-OH is 2. The highest BCUT2D eigenvalue weighted by atomic mass is 16.5. The van der Waals surface area contributed by atoms with E-state index in [-0.39, 0.29) is 13.2 Å². The molecule has 0 heterocycles. The van der Waals surface area contributed by atoms with E-state index in [2.05, 4.69) is 6.92 Å². The van der Waals surface area contributed by atoms with Crippen molar-refractivity contribution in [1.29, 1.82) is 0 Å². The van der Waals surface area contributed by atoms with Crippen molar-refractivity contribution in [3.63, 3.8) is 0 Å². The Kier molecular flexibility index (Phi) is 16.4. The topological polar surface area (TPSA) is 87.0 Å². The Hall–Kier alpha value is -0.650. The molecule has 0 radical (unpaired) electrons. The lowest BCUT2D eigenvalue weighted by atomic mass is 9.94. The van der Waals surface area contributed by atoms with Gasteiger partial charge in [-0.05, 0) is 19.8 Å². The summed E-state index contributed by atoms with van der Waals surface area (Å²) in [5, 5.41) is 27.9. The van der Waals surface area contributed by atoms with Crippen molar-refractivity contribution in [1.82, 2.24) is 0 Å². The molecule has 3 unspecified atom stereocenters. The third-order valence-corrected chi connectivity index (χ3v) is 4.58. The predicted molar refractivity (Wildman–Crippen MR) is 101 cm³/mol. The molecule has 0 saturated carbocycles. The second-order valence-electron chi connectivity index (χ2n) is 7.23. The molecule has 0 bridgehead atoms. The van der Waals surface area contributed by atoms with E-state index in [1.165, 1.54) is 51.4 Å². The van der Waals surface area contributed by atoms with E-state index in [1.54, 1.807) is 6.92 Å². The van der Waals surface area contributed by atoms with E-state index in [1.807, 2.05) is 0 Å².